The maximum absolute atomic E-state index is 4.36. The first kappa shape index (κ1) is 10.5. The Morgan fingerprint density at radius 3 is 3.22 bits per heavy atom. The van der Waals surface area contributed by atoms with Gasteiger partial charge in [-0.3, -0.25) is 4.40 Å². The molecule has 3 aromatic rings. The number of imidazole rings is 1. The van der Waals surface area contributed by atoms with Crippen LogP contribution in [0.3, 0.4) is 0 Å². The zero-order valence-corrected chi connectivity index (χ0v) is 10.9. The van der Waals surface area contributed by atoms with Gasteiger partial charge >= 0.3 is 0 Å². The fourth-order valence-corrected chi connectivity index (χ4v) is 3.85. The molecule has 4 rings (SSSR count). The van der Waals surface area contributed by atoms with Crippen LogP contribution in [-0.4, -0.2) is 15.9 Å². The average Bonchev–Trinajstić information content (AvgIpc) is 2.99. The standard InChI is InChI=1S/C14H15N3S/c1-2-6-15-11(3-1)10-4-5-12-13(9-10)18-14-16-7-8-17(12)14/h4-5,7-9,11,15H,1-3,6H2. The number of aromatic nitrogens is 2. The van der Waals surface area contributed by atoms with E-state index in [2.05, 4.69) is 32.9 Å². The summed E-state index contributed by atoms with van der Waals surface area (Å²) in [7, 11) is 0. The second-order valence-electron chi connectivity index (χ2n) is 4.91. The van der Waals surface area contributed by atoms with Crippen LogP contribution in [0.1, 0.15) is 30.9 Å². The molecular weight excluding hydrogens is 242 g/mol. The highest BCUT2D eigenvalue weighted by Gasteiger charge is 2.15. The predicted molar refractivity (Wildman–Crippen MR) is 75.2 cm³/mol. The Morgan fingerprint density at radius 1 is 1.33 bits per heavy atom. The van der Waals surface area contributed by atoms with Crippen LogP contribution < -0.4 is 5.32 Å². The van der Waals surface area contributed by atoms with Crippen LogP contribution in [0.2, 0.25) is 0 Å². The Labute approximate surface area is 109 Å². The van der Waals surface area contributed by atoms with Crippen LogP contribution in [0.4, 0.5) is 0 Å². The van der Waals surface area contributed by atoms with Crippen LogP contribution in [0, 0.1) is 0 Å². The van der Waals surface area contributed by atoms with Gasteiger partial charge in [-0.05, 0) is 37.1 Å². The van der Waals surface area contributed by atoms with Crippen LogP contribution in [-0.2, 0) is 0 Å². The van der Waals surface area contributed by atoms with Gasteiger partial charge in [-0.15, -0.1) is 0 Å². The molecule has 0 bridgehead atoms. The molecule has 92 valence electrons. The minimum absolute atomic E-state index is 0.539. The van der Waals surface area contributed by atoms with Crippen molar-refractivity contribution in [2.45, 2.75) is 25.3 Å². The van der Waals surface area contributed by atoms with E-state index in [1.165, 1.54) is 35.0 Å². The minimum Gasteiger partial charge on any atom is -0.310 e. The van der Waals surface area contributed by atoms with Gasteiger partial charge in [0.1, 0.15) is 0 Å². The third-order valence-electron chi connectivity index (χ3n) is 3.76. The normalized spacial score (nSPS) is 20.8. The molecule has 3 heterocycles. The Morgan fingerprint density at radius 2 is 2.33 bits per heavy atom. The summed E-state index contributed by atoms with van der Waals surface area (Å²) in [5.41, 5.74) is 2.69. The molecule has 3 nitrogen and oxygen atoms in total. The predicted octanol–water partition coefficient (Wildman–Crippen LogP) is 3.36. The lowest BCUT2D eigenvalue weighted by atomic mass is 9.97. The van der Waals surface area contributed by atoms with Gasteiger partial charge < -0.3 is 5.32 Å². The number of benzene rings is 1. The van der Waals surface area contributed by atoms with E-state index >= 15 is 0 Å². The van der Waals surface area contributed by atoms with Crippen molar-refractivity contribution in [3.05, 3.63) is 36.2 Å². The summed E-state index contributed by atoms with van der Waals surface area (Å²) >= 11 is 1.77. The van der Waals surface area contributed by atoms with Gasteiger partial charge in [0, 0.05) is 18.4 Å². The molecule has 1 aliphatic rings. The van der Waals surface area contributed by atoms with Gasteiger partial charge in [0.15, 0.2) is 4.96 Å². The number of piperidine rings is 1. The van der Waals surface area contributed by atoms with Crippen molar-refractivity contribution in [3.8, 4) is 0 Å². The third kappa shape index (κ3) is 1.56. The maximum Gasteiger partial charge on any atom is 0.194 e. The highest BCUT2D eigenvalue weighted by molar-refractivity contribution is 7.23. The van der Waals surface area contributed by atoms with E-state index in [1.807, 2.05) is 12.4 Å². The quantitative estimate of drug-likeness (QED) is 0.724. The lowest BCUT2D eigenvalue weighted by molar-refractivity contribution is 0.412. The smallest absolute Gasteiger partial charge is 0.194 e. The largest absolute Gasteiger partial charge is 0.310 e. The van der Waals surface area contributed by atoms with Gasteiger partial charge in [0.25, 0.3) is 0 Å². The minimum atomic E-state index is 0.539. The van der Waals surface area contributed by atoms with Gasteiger partial charge in [-0.1, -0.05) is 23.8 Å². The first-order chi connectivity index (χ1) is 8.92. The lowest BCUT2D eigenvalue weighted by Crippen LogP contribution is -2.26. The van der Waals surface area contributed by atoms with E-state index in [4.69, 9.17) is 0 Å². The Kier molecular flexibility index (Phi) is 2.38. The molecule has 0 amide bonds. The zero-order valence-electron chi connectivity index (χ0n) is 10.1. The van der Waals surface area contributed by atoms with E-state index in [0.717, 1.165) is 11.5 Å². The summed E-state index contributed by atoms with van der Waals surface area (Å²) in [4.78, 5) is 5.45. The highest BCUT2D eigenvalue weighted by Crippen LogP contribution is 2.30. The Bertz CT molecular complexity index is 691. The zero-order chi connectivity index (χ0) is 11.9. The highest BCUT2D eigenvalue weighted by atomic mass is 32.1. The monoisotopic (exact) mass is 257 g/mol. The van der Waals surface area contributed by atoms with Crippen molar-refractivity contribution in [3.63, 3.8) is 0 Å². The SMILES string of the molecule is c1cn2c(n1)sc1cc(C3CCCCN3)ccc12. The van der Waals surface area contributed by atoms with Crippen molar-refractivity contribution in [1.82, 2.24) is 14.7 Å². The van der Waals surface area contributed by atoms with E-state index in [1.54, 1.807) is 11.3 Å². The van der Waals surface area contributed by atoms with E-state index in [9.17, 15) is 0 Å². The average molecular weight is 257 g/mol. The van der Waals surface area contributed by atoms with Crippen molar-refractivity contribution in [2.75, 3.05) is 6.54 Å². The van der Waals surface area contributed by atoms with Crippen LogP contribution >= 0.6 is 11.3 Å². The Hall–Kier alpha value is -1.39. The molecule has 1 unspecified atom stereocenters. The number of fused-ring (bicyclic) bond motifs is 3. The third-order valence-corrected chi connectivity index (χ3v) is 4.80. The molecule has 0 saturated carbocycles. The van der Waals surface area contributed by atoms with Crippen LogP contribution in [0.25, 0.3) is 15.2 Å². The summed E-state index contributed by atoms with van der Waals surface area (Å²) in [5.74, 6) is 0. The molecule has 0 aliphatic carbocycles. The summed E-state index contributed by atoms with van der Waals surface area (Å²) in [5, 5.41) is 3.61. The second-order valence-corrected chi connectivity index (χ2v) is 5.92. The molecule has 4 heteroatoms. The van der Waals surface area contributed by atoms with Gasteiger partial charge in [0.2, 0.25) is 0 Å². The van der Waals surface area contributed by atoms with Crippen molar-refractivity contribution < 1.29 is 0 Å². The van der Waals surface area contributed by atoms with E-state index in [-0.39, 0.29) is 0 Å². The number of hydrogen-bond donors (Lipinski definition) is 1. The molecule has 1 atom stereocenters. The summed E-state index contributed by atoms with van der Waals surface area (Å²) < 4.78 is 3.50. The lowest BCUT2D eigenvalue weighted by Gasteiger charge is -2.23. The maximum atomic E-state index is 4.36. The van der Waals surface area contributed by atoms with E-state index in [0.29, 0.717) is 6.04 Å². The molecule has 1 fully saturated rings. The van der Waals surface area contributed by atoms with Crippen molar-refractivity contribution >= 4 is 26.5 Å². The summed E-state index contributed by atoms with van der Waals surface area (Å²) in [6.45, 7) is 1.15. The summed E-state index contributed by atoms with van der Waals surface area (Å²) in [6.07, 6.45) is 7.80. The molecule has 1 N–H and O–H groups in total. The van der Waals surface area contributed by atoms with Crippen LogP contribution in [0.15, 0.2) is 30.6 Å². The van der Waals surface area contributed by atoms with Gasteiger partial charge in [-0.2, -0.15) is 0 Å². The van der Waals surface area contributed by atoms with Crippen molar-refractivity contribution in [1.29, 1.82) is 0 Å². The molecule has 2 aromatic heterocycles. The molecule has 0 spiro atoms. The molecule has 18 heavy (non-hydrogen) atoms. The molecule has 1 aliphatic heterocycles. The number of thiazole rings is 1. The van der Waals surface area contributed by atoms with Gasteiger partial charge in [-0.25, -0.2) is 4.98 Å². The fraction of sp³-hybridized carbons (Fsp3) is 0.357. The fourth-order valence-electron chi connectivity index (χ4n) is 2.81. The number of rotatable bonds is 1. The first-order valence-electron chi connectivity index (χ1n) is 6.51. The number of hydrogen-bond acceptors (Lipinski definition) is 3. The topological polar surface area (TPSA) is 29.3 Å². The molecule has 1 aromatic carbocycles. The molecule has 1 saturated heterocycles. The first-order valence-corrected chi connectivity index (χ1v) is 7.32. The molecular formula is C14H15N3S. The number of nitrogens with one attached hydrogen (secondary N) is 1. The van der Waals surface area contributed by atoms with Crippen molar-refractivity contribution in [2.24, 2.45) is 0 Å². The van der Waals surface area contributed by atoms with E-state index < -0.39 is 0 Å². The Balaban J connectivity index is 1.82. The van der Waals surface area contributed by atoms with Gasteiger partial charge in [0.05, 0.1) is 10.2 Å². The summed E-state index contributed by atoms with van der Waals surface area (Å²) in [6, 6.07) is 7.36. The molecule has 0 radical (unpaired) electrons. The second kappa shape index (κ2) is 4.07. The van der Waals surface area contributed by atoms with Crippen LogP contribution in [0.5, 0.6) is 0 Å². The number of nitrogens with zero attached hydrogens (tertiary/aromatic N) is 2.